The fourth-order valence-corrected chi connectivity index (χ4v) is 2.37. The van der Waals surface area contributed by atoms with Gasteiger partial charge < -0.3 is 10.1 Å². The van der Waals surface area contributed by atoms with Gasteiger partial charge in [-0.1, -0.05) is 25.4 Å². The topological polar surface area (TPSA) is 57.9 Å². The number of alkyl halides is 3. The zero-order chi connectivity index (χ0) is 19.9. The number of ether oxygens (including phenoxy) is 1. The Kier molecular flexibility index (Phi) is 7.72. The van der Waals surface area contributed by atoms with E-state index in [1.807, 2.05) is 19.9 Å². The molecule has 0 radical (unpaired) electrons. The zero-order valence-corrected chi connectivity index (χ0v) is 15.5. The number of halogens is 4. The number of methoxy groups -OCH3 is 1. The molecule has 1 N–H and O–H groups in total. The van der Waals surface area contributed by atoms with Gasteiger partial charge in [-0.3, -0.25) is 0 Å². The average molecular weight is 386 g/mol. The van der Waals surface area contributed by atoms with Gasteiger partial charge in [-0.2, -0.15) is 18.4 Å². The van der Waals surface area contributed by atoms with Crippen molar-refractivity contribution in [3.63, 3.8) is 0 Å². The van der Waals surface area contributed by atoms with Crippen LogP contribution >= 0.6 is 11.6 Å². The minimum absolute atomic E-state index is 0.229. The molecule has 0 spiro atoms. The van der Waals surface area contributed by atoms with E-state index in [2.05, 4.69) is 10.3 Å². The molecule has 1 aromatic heterocycles. The van der Waals surface area contributed by atoms with Crippen LogP contribution in [0.5, 0.6) is 5.75 Å². The van der Waals surface area contributed by atoms with E-state index in [0.717, 1.165) is 12.3 Å². The molecule has 2 rings (SSSR count). The lowest BCUT2D eigenvalue weighted by atomic mass is 10.1. The predicted molar refractivity (Wildman–Crippen MR) is 95.3 cm³/mol. The Morgan fingerprint density at radius 1 is 1.27 bits per heavy atom. The number of benzene rings is 1. The first-order valence-electron chi connectivity index (χ1n) is 7.83. The largest absolute Gasteiger partial charge is 0.495 e. The number of nitrogens with one attached hydrogen (secondary N) is 1. The van der Waals surface area contributed by atoms with Crippen LogP contribution in [0.2, 0.25) is 5.02 Å². The van der Waals surface area contributed by atoms with Crippen molar-refractivity contribution in [2.75, 3.05) is 12.4 Å². The average Bonchev–Trinajstić information content (AvgIpc) is 2.63. The number of nitriles is 1. The second kappa shape index (κ2) is 9.30. The van der Waals surface area contributed by atoms with Gasteiger partial charge in [0.25, 0.3) is 0 Å². The minimum atomic E-state index is -4.55. The molecule has 0 saturated heterocycles. The molecule has 0 aliphatic carbocycles. The maximum Gasteiger partial charge on any atom is 0.433 e. The Morgan fingerprint density at radius 3 is 2.42 bits per heavy atom. The van der Waals surface area contributed by atoms with Crippen LogP contribution in [-0.2, 0) is 6.18 Å². The van der Waals surface area contributed by atoms with Gasteiger partial charge in [0.05, 0.1) is 41.7 Å². The molecule has 4 nitrogen and oxygen atoms in total. The number of nitrogens with zero attached hydrogens (tertiary/aromatic N) is 2. The van der Waals surface area contributed by atoms with Gasteiger partial charge in [-0.25, -0.2) is 4.98 Å². The molecule has 0 amide bonds. The van der Waals surface area contributed by atoms with E-state index in [1.54, 1.807) is 19.1 Å². The summed E-state index contributed by atoms with van der Waals surface area (Å²) in [5, 5.41) is 12.1. The number of anilines is 1. The van der Waals surface area contributed by atoms with E-state index in [1.165, 1.54) is 13.2 Å². The van der Waals surface area contributed by atoms with Crippen molar-refractivity contribution < 1.29 is 17.9 Å². The third-order valence-corrected chi connectivity index (χ3v) is 3.66. The van der Waals surface area contributed by atoms with E-state index < -0.39 is 17.9 Å². The summed E-state index contributed by atoms with van der Waals surface area (Å²) in [4.78, 5) is 3.37. The van der Waals surface area contributed by atoms with Crippen molar-refractivity contribution in [2.45, 2.75) is 33.0 Å². The normalized spacial score (nSPS) is 11.7. The molecule has 0 bridgehead atoms. The summed E-state index contributed by atoms with van der Waals surface area (Å²) in [6.45, 7) is 5.67. The molecule has 1 atom stereocenters. The molecule has 0 unspecified atom stereocenters. The SMILES string of the molecule is CC.COc1cnc(C(F)(F)F)cc1[C@H](C)Nc1ccc(C#N)cc1Cl. The molecular formula is C18H19ClF3N3O. The van der Waals surface area contributed by atoms with Gasteiger partial charge in [-0.15, -0.1) is 0 Å². The molecule has 140 valence electrons. The van der Waals surface area contributed by atoms with Gasteiger partial charge >= 0.3 is 6.18 Å². The highest BCUT2D eigenvalue weighted by atomic mass is 35.5. The van der Waals surface area contributed by atoms with E-state index in [-0.39, 0.29) is 5.75 Å². The predicted octanol–water partition coefficient (Wildman–Crippen LogP) is 5.83. The number of hydrogen-bond acceptors (Lipinski definition) is 4. The highest BCUT2D eigenvalue weighted by Gasteiger charge is 2.33. The quantitative estimate of drug-likeness (QED) is 0.719. The first-order chi connectivity index (χ1) is 12.3. The zero-order valence-electron chi connectivity index (χ0n) is 14.8. The summed E-state index contributed by atoms with van der Waals surface area (Å²) in [6, 6.07) is 6.99. The van der Waals surface area contributed by atoms with Crippen LogP contribution in [0.15, 0.2) is 30.5 Å². The molecular weight excluding hydrogens is 367 g/mol. The molecule has 0 aliphatic heterocycles. The number of rotatable bonds is 4. The smallest absolute Gasteiger partial charge is 0.433 e. The van der Waals surface area contributed by atoms with Crippen molar-refractivity contribution in [2.24, 2.45) is 0 Å². The maximum absolute atomic E-state index is 12.9. The Hall–Kier alpha value is -2.46. The van der Waals surface area contributed by atoms with Gasteiger partial charge in [-0.05, 0) is 31.2 Å². The van der Waals surface area contributed by atoms with Crippen LogP contribution in [0.3, 0.4) is 0 Å². The van der Waals surface area contributed by atoms with E-state index in [0.29, 0.717) is 21.8 Å². The van der Waals surface area contributed by atoms with Crippen LogP contribution in [0, 0.1) is 11.3 Å². The molecule has 8 heteroatoms. The first kappa shape index (κ1) is 21.6. The standard InChI is InChI=1S/C16H13ClF3N3O.C2H6/c1-9(23-13-4-3-10(7-21)5-12(13)17)11-6-15(16(18,19)20)22-8-14(11)24-2;1-2/h3-6,8-9,23H,1-2H3;1-2H3/t9-;/m0./s1. The van der Waals surface area contributed by atoms with Crippen molar-refractivity contribution in [3.8, 4) is 11.8 Å². The third kappa shape index (κ3) is 5.27. The Bertz CT molecular complexity index is 788. The number of aromatic nitrogens is 1. The van der Waals surface area contributed by atoms with Gasteiger partial charge in [0.2, 0.25) is 0 Å². The van der Waals surface area contributed by atoms with Gasteiger partial charge in [0.15, 0.2) is 0 Å². The molecule has 1 aromatic carbocycles. The third-order valence-electron chi connectivity index (χ3n) is 3.34. The second-order valence-corrected chi connectivity index (χ2v) is 5.39. The van der Waals surface area contributed by atoms with Crippen LogP contribution in [0.4, 0.5) is 18.9 Å². The molecule has 0 saturated carbocycles. The van der Waals surface area contributed by atoms with Crippen molar-refractivity contribution in [1.29, 1.82) is 5.26 Å². The molecule has 0 aliphatic rings. The Balaban J connectivity index is 0.00000163. The summed E-state index contributed by atoms with van der Waals surface area (Å²) in [7, 11) is 1.36. The Labute approximate surface area is 155 Å². The Morgan fingerprint density at radius 2 is 1.92 bits per heavy atom. The van der Waals surface area contributed by atoms with Crippen molar-refractivity contribution in [1.82, 2.24) is 4.98 Å². The fraction of sp³-hybridized carbons (Fsp3) is 0.333. The van der Waals surface area contributed by atoms with E-state index >= 15 is 0 Å². The van der Waals surface area contributed by atoms with Crippen LogP contribution < -0.4 is 10.1 Å². The molecule has 1 heterocycles. The summed E-state index contributed by atoms with van der Waals surface area (Å²) in [5.74, 6) is 0.229. The van der Waals surface area contributed by atoms with Gasteiger partial charge in [0, 0.05) is 5.56 Å². The highest BCUT2D eigenvalue weighted by Crippen LogP contribution is 2.35. The number of hydrogen-bond donors (Lipinski definition) is 1. The lowest BCUT2D eigenvalue weighted by Crippen LogP contribution is -2.13. The summed E-state index contributed by atoms with van der Waals surface area (Å²) < 4.78 is 43.7. The second-order valence-electron chi connectivity index (χ2n) is 4.98. The van der Waals surface area contributed by atoms with Crippen LogP contribution in [0.1, 0.15) is 43.6 Å². The summed E-state index contributed by atoms with van der Waals surface area (Å²) in [6.07, 6.45) is -3.51. The molecule has 26 heavy (non-hydrogen) atoms. The van der Waals surface area contributed by atoms with E-state index in [9.17, 15) is 13.2 Å². The fourth-order valence-electron chi connectivity index (χ4n) is 2.14. The highest BCUT2D eigenvalue weighted by molar-refractivity contribution is 6.33. The lowest BCUT2D eigenvalue weighted by molar-refractivity contribution is -0.141. The molecule has 0 fully saturated rings. The monoisotopic (exact) mass is 385 g/mol. The number of pyridine rings is 1. The summed E-state index contributed by atoms with van der Waals surface area (Å²) in [5.41, 5.74) is 0.174. The minimum Gasteiger partial charge on any atom is -0.495 e. The van der Waals surface area contributed by atoms with Crippen molar-refractivity contribution in [3.05, 3.63) is 52.3 Å². The molecule has 2 aromatic rings. The van der Waals surface area contributed by atoms with E-state index in [4.69, 9.17) is 21.6 Å². The van der Waals surface area contributed by atoms with Crippen LogP contribution in [0.25, 0.3) is 0 Å². The van der Waals surface area contributed by atoms with Crippen molar-refractivity contribution >= 4 is 17.3 Å². The first-order valence-corrected chi connectivity index (χ1v) is 8.21. The summed E-state index contributed by atoms with van der Waals surface area (Å²) >= 11 is 6.08. The lowest BCUT2D eigenvalue weighted by Gasteiger charge is -2.20. The van der Waals surface area contributed by atoms with Crippen LogP contribution in [-0.4, -0.2) is 12.1 Å². The van der Waals surface area contributed by atoms with Gasteiger partial charge in [0.1, 0.15) is 11.4 Å². The maximum atomic E-state index is 12.9.